The van der Waals surface area contributed by atoms with Gasteiger partial charge in [0.15, 0.2) is 0 Å². The van der Waals surface area contributed by atoms with Crippen LogP contribution >= 0.6 is 9.39 Å². The summed E-state index contributed by atoms with van der Waals surface area (Å²) in [6.45, 7) is 0. The van der Waals surface area contributed by atoms with Crippen LogP contribution in [0.3, 0.4) is 0 Å². The highest BCUT2D eigenvalue weighted by molar-refractivity contribution is 7.13. The van der Waals surface area contributed by atoms with Gasteiger partial charge >= 0.3 is 0 Å². The molecule has 0 amide bonds. The molecule has 0 rings (SSSR count). The van der Waals surface area contributed by atoms with Gasteiger partial charge in [-0.2, -0.15) is 0 Å². The Hall–Kier alpha value is 0.390. The van der Waals surface area contributed by atoms with E-state index in [9.17, 15) is 0 Å². The van der Waals surface area contributed by atoms with Gasteiger partial charge in [-0.25, -0.2) is 0 Å². The van der Waals surface area contributed by atoms with Crippen LogP contribution in [0.5, 0.6) is 0 Å². The molecule has 0 N–H and O–H groups in total. The van der Waals surface area contributed by atoms with E-state index in [2.05, 4.69) is 9.39 Å². The fraction of sp³-hybridized carbons (Fsp3) is 1.00. The van der Waals surface area contributed by atoms with Gasteiger partial charge in [-0.15, -0.1) is 0 Å². The van der Waals surface area contributed by atoms with Gasteiger partial charge in [-0.05, 0) is 23.5 Å². The third kappa shape index (κ3) is 30.4. The molecule has 25 valence electrons. The Kier molecular flexibility index (Phi) is 1.85. The second-order valence-electron chi connectivity index (χ2n) is 0.894. The summed E-state index contributed by atoms with van der Waals surface area (Å²) in [5, 5.41) is 0. The van der Waals surface area contributed by atoms with E-state index < -0.39 is 0 Å². The van der Waals surface area contributed by atoms with Crippen LogP contribution in [0.1, 0.15) is 0 Å². The minimum Gasteiger partial charge on any atom is -0.286 e. The molecular formula is C2H7NP. The Balaban J connectivity index is 2.32. The maximum atomic E-state index is 3.15. The quantitative estimate of drug-likeness (QED) is 0.382. The number of nitrogens with zero attached hydrogens (tertiary/aromatic N) is 1. The van der Waals surface area contributed by atoms with Crippen molar-refractivity contribution >= 4 is 9.39 Å². The van der Waals surface area contributed by atoms with Crippen LogP contribution in [0.15, 0.2) is 0 Å². The molecule has 0 aromatic heterocycles. The molecule has 0 bridgehead atoms. The van der Waals surface area contributed by atoms with Gasteiger partial charge in [0, 0.05) is 0 Å². The van der Waals surface area contributed by atoms with E-state index in [-0.39, 0.29) is 0 Å². The molecule has 4 heavy (non-hydrogen) atoms. The van der Waals surface area contributed by atoms with Crippen molar-refractivity contribution in [2.75, 3.05) is 14.1 Å². The Morgan fingerprint density at radius 2 is 1.50 bits per heavy atom. The highest BCUT2D eigenvalue weighted by Crippen LogP contribution is 1.78. The molecule has 0 spiro atoms. The molecule has 0 atom stereocenters. The monoisotopic (exact) mass is 76.0 g/mol. The highest BCUT2D eigenvalue weighted by atomic mass is 31.0. The smallest absolute Gasteiger partial charge is 0.00962 e. The molecule has 2 heteroatoms. The standard InChI is InChI=1S/C2H7NP/c1-3(2)4/h4H,1-2H3. The zero-order chi connectivity index (χ0) is 3.58. The van der Waals surface area contributed by atoms with E-state index in [0.717, 1.165) is 0 Å². The van der Waals surface area contributed by atoms with Crippen LogP contribution in [0.25, 0.3) is 0 Å². The summed E-state index contributed by atoms with van der Waals surface area (Å²) in [5.74, 6) is 0. The summed E-state index contributed by atoms with van der Waals surface area (Å²) >= 11 is 0. The van der Waals surface area contributed by atoms with Crippen molar-refractivity contribution in [2.24, 2.45) is 0 Å². The van der Waals surface area contributed by atoms with E-state index >= 15 is 0 Å². The summed E-state index contributed by atoms with van der Waals surface area (Å²) in [6.07, 6.45) is 0. The second kappa shape index (κ2) is 1.68. The predicted molar refractivity (Wildman–Crippen MR) is 22.0 cm³/mol. The average Bonchev–Trinajstić information content (AvgIpc) is 0.811. The van der Waals surface area contributed by atoms with Gasteiger partial charge in [-0.1, -0.05) is 0 Å². The predicted octanol–water partition coefficient (Wildman–Crippen LogP) is 0.606. The first-order valence-corrected chi connectivity index (χ1v) is 1.57. The van der Waals surface area contributed by atoms with Gasteiger partial charge in [-0.3, -0.25) is 4.67 Å². The highest BCUT2D eigenvalue weighted by Gasteiger charge is 1.59. The Bertz CT molecular complexity index is 10.8. The topological polar surface area (TPSA) is 3.24 Å². The van der Waals surface area contributed by atoms with Crippen LogP contribution < -0.4 is 0 Å². The van der Waals surface area contributed by atoms with Crippen molar-refractivity contribution in [1.29, 1.82) is 0 Å². The van der Waals surface area contributed by atoms with Crippen molar-refractivity contribution in [3.05, 3.63) is 0 Å². The van der Waals surface area contributed by atoms with Crippen LogP contribution in [0, 0.1) is 0 Å². The first kappa shape index (κ1) is 4.39. The molecular weight excluding hydrogens is 69.0 g/mol. The lowest BCUT2D eigenvalue weighted by atomic mass is 11.3. The SMILES string of the molecule is CN(C)[PH]. The Labute approximate surface area is 29.3 Å². The third-order valence-electron chi connectivity index (χ3n) is 0. The van der Waals surface area contributed by atoms with Crippen LogP contribution in [-0.4, -0.2) is 18.8 Å². The van der Waals surface area contributed by atoms with Crippen LogP contribution in [-0.2, 0) is 0 Å². The van der Waals surface area contributed by atoms with Gasteiger partial charge in [0.2, 0.25) is 0 Å². The van der Waals surface area contributed by atoms with Crippen LogP contribution in [0.2, 0.25) is 0 Å². The first-order valence-electron chi connectivity index (χ1n) is 1.12. The molecule has 0 aromatic carbocycles. The molecule has 0 unspecified atom stereocenters. The molecule has 0 aliphatic carbocycles. The maximum absolute atomic E-state index is 3.15. The third-order valence-corrected chi connectivity index (χ3v) is 0. The van der Waals surface area contributed by atoms with Crippen molar-refractivity contribution in [2.45, 2.75) is 0 Å². The molecule has 1 radical (unpaired) electrons. The molecule has 0 saturated heterocycles. The fourth-order valence-electron chi connectivity index (χ4n) is 0. The van der Waals surface area contributed by atoms with Crippen molar-refractivity contribution in [1.82, 2.24) is 4.67 Å². The van der Waals surface area contributed by atoms with E-state index in [1.54, 1.807) is 4.67 Å². The van der Waals surface area contributed by atoms with E-state index in [0.29, 0.717) is 0 Å². The summed E-state index contributed by atoms with van der Waals surface area (Å²) < 4.78 is 1.81. The molecule has 0 aromatic rings. The molecule has 0 aliphatic rings. The van der Waals surface area contributed by atoms with Crippen molar-refractivity contribution < 1.29 is 0 Å². The lowest BCUT2D eigenvalue weighted by Crippen LogP contribution is -1.88. The second-order valence-corrected chi connectivity index (χ2v) is 1.79. The normalized spacial score (nSPS) is 9.00. The largest absolute Gasteiger partial charge is 0.286 e. The molecule has 1 nitrogen and oxygen atoms in total. The summed E-state index contributed by atoms with van der Waals surface area (Å²) in [6, 6.07) is 0. The van der Waals surface area contributed by atoms with Crippen molar-refractivity contribution in [3.63, 3.8) is 0 Å². The Morgan fingerprint density at radius 1 is 1.50 bits per heavy atom. The van der Waals surface area contributed by atoms with Crippen molar-refractivity contribution in [3.8, 4) is 0 Å². The van der Waals surface area contributed by atoms with Gasteiger partial charge < -0.3 is 0 Å². The molecule has 0 saturated carbocycles. The maximum Gasteiger partial charge on any atom is -0.00962 e. The minimum atomic E-state index is 1.81. The first-order chi connectivity index (χ1) is 1.73. The van der Waals surface area contributed by atoms with E-state index in [4.69, 9.17) is 0 Å². The summed E-state index contributed by atoms with van der Waals surface area (Å²) in [5.41, 5.74) is 0. The Morgan fingerprint density at radius 3 is 1.50 bits per heavy atom. The zero-order valence-corrected chi connectivity index (χ0v) is 3.95. The van der Waals surface area contributed by atoms with Gasteiger partial charge in [0.25, 0.3) is 0 Å². The van der Waals surface area contributed by atoms with Gasteiger partial charge in [0.1, 0.15) is 0 Å². The fourth-order valence-corrected chi connectivity index (χ4v) is 0. The molecule has 0 heterocycles. The lowest BCUT2D eigenvalue weighted by Gasteiger charge is -1.89. The van der Waals surface area contributed by atoms with Crippen LogP contribution in [0.4, 0.5) is 0 Å². The number of hydrogen-bond acceptors (Lipinski definition) is 1. The van der Waals surface area contributed by atoms with E-state index in [1.807, 2.05) is 14.1 Å². The summed E-state index contributed by atoms with van der Waals surface area (Å²) in [4.78, 5) is 0. The zero-order valence-electron chi connectivity index (χ0n) is 2.95. The lowest BCUT2D eigenvalue weighted by molar-refractivity contribution is 0.703. The number of hydrogen-bond donors (Lipinski definition) is 0. The minimum absolute atomic E-state index is 1.81. The molecule has 0 aliphatic heterocycles. The number of rotatable bonds is 0. The summed E-state index contributed by atoms with van der Waals surface area (Å²) in [7, 11) is 6.97. The molecule has 0 fully saturated rings. The average molecular weight is 76.1 g/mol. The van der Waals surface area contributed by atoms with Gasteiger partial charge in [0.05, 0.1) is 0 Å². The van der Waals surface area contributed by atoms with E-state index in [1.165, 1.54) is 0 Å².